The van der Waals surface area contributed by atoms with Crippen LogP contribution in [-0.4, -0.2) is 18.5 Å². The molecule has 1 aliphatic heterocycles. The molecule has 1 unspecified atom stereocenters. The molecule has 2 aromatic carbocycles. The monoisotopic (exact) mass is 302 g/mol. The van der Waals surface area contributed by atoms with Gasteiger partial charge < -0.3 is 14.6 Å². The number of hydrogen-bond donors (Lipinski definition) is 1. The molecule has 2 atom stereocenters. The fraction of sp³-hybridized carbons (Fsp3) is 0.294. The molecule has 0 fully saturated rings. The van der Waals surface area contributed by atoms with Gasteiger partial charge in [-0.25, -0.2) is 0 Å². The van der Waals surface area contributed by atoms with Crippen molar-refractivity contribution in [1.29, 1.82) is 0 Å². The third kappa shape index (κ3) is 2.87. The van der Waals surface area contributed by atoms with Gasteiger partial charge in [0.05, 0.1) is 13.2 Å². The van der Waals surface area contributed by atoms with Gasteiger partial charge in [-0.3, -0.25) is 0 Å². The highest BCUT2D eigenvalue weighted by Gasteiger charge is 2.28. The molecule has 21 heavy (non-hydrogen) atoms. The third-order valence-corrected chi connectivity index (χ3v) is 4.51. The molecule has 2 aromatic rings. The highest BCUT2D eigenvalue weighted by molar-refractivity contribution is 7.98. The Kier molecular flexibility index (Phi) is 4.08. The average molecular weight is 302 g/mol. The lowest BCUT2D eigenvalue weighted by atomic mass is 9.95. The first-order valence-corrected chi connectivity index (χ1v) is 8.10. The number of fused-ring (bicyclic) bond motifs is 1. The van der Waals surface area contributed by atoms with E-state index in [4.69, 9.17) is 9.47 Å². The molecule has 0 saturated heterocycles. The van der Waals surface area contributed by atoms with Gasteiger partial charge in [-0.2, -0.15) is 0 Å². The fourth-order valence-electron chi connectivity index (χ4n) is 2.58. The molecule has 4 heteroatoms. The predicted molar refractivity (Wildman–Crippen MR) is 84.2 cm³/mol. The van der Waals surface area contributed by atoms with Crippen molar-refractivity contribution in [3.63, 3.8) is 0 Å². The summed E-state index contributed by atoms with van der Waals surface area (Å²) in [5.41, 5.74) is 1.89. The largest absolute Gasteiger partial charge is 0.497 e. The number of ether oxygens (including phenoxy) is 2. The highest BCUT2D eigenvalue weighted by atomic mass is 32.2. The first-order chi connectivity index (χ1) is 10.2. The maximum Gasteiger partial charge on any atom is 0.127 e. The number of aliphatic hydroxyl groups excluding tert-OH is 1. The summed E-state index contributed by atoms with van der Waals surface area (Å²) in [6.45, 7) is 0. The van der Waals surface area contributed by atoms with E-state index in [1.165, 1.54) is 4.90 Å². The third-order valence-electron chi connectivity index (χ3n) is 3.77. The van der Waals surface area contributed by atoms with Crippen LogP contribution in [-0.2, 0) is 0 Å². The lowest BCUT2D eigenvalue weighted by molar-refractivity contribution is 0.0654. The molecule has 1 N–H and O–H groups in total. The molecule has 0 spiro atoms. The quantitative estimate of drug-likeness (QED) is 0.871. The van der Waals surface area contributed by atoms with Crippen molar-refractivity contribution >= 4 is 11.8 Å². The molecule has 0 radical (unpaired) electrons. The topological polar surface area (TPSA) is 38.7 Å². The van der Waals surface area contributed by atoms with Crippen molar-refractivity contribution < 1.29 is 14.6 Å². The van der Waals surface area contributed by atoms with Crippen molar-refractivity contribution in [2.45, 2.75) is 23.5 Å². The van der Waals surface area contributed by atoms with Crippen LogP contribution in [0.3, 0.4) is 0 Å². The molecule has 110 valence electrons. The van der Waals surface area contributed by atoms with E-state index in [0.717, 1.165) is 22.6 Å². The van der Waals surface area contributed by atoms with Gasteiger partial charge in [0, 0.05) is 16.9 Å². The number of rotatable bonds is 3. The van der Waals surface area contributed by atoms with E-state index in [1.54, 1.807) is 18.9 Å². The minimum absolute atomic E-state index is 0.114. The Morgan fingerprint density at radius 2 is 1.95 bits per heavy atom. The van der Waals surface area contributed by atoms with Gasteiger partial charge in [0.15, 0.2) is 0 Å². The molecular formula is C17H18O3S. The van der Waals surface area contributed by atoms with Crippen molar-refractivity contribution in [2.24, 2.45) is 0 Å². The van der Waals surface area contributed by atoms with Crippen molar-refractivity contribution in [3.05, 3.63) is 53.6 Å². The molecule has 1 heterocycles. The normalized spacial score (nSPS) is 20.5. The Bertz CT molecular complexity index is 624. The first-order valence-electron chi connectivity index (χ1n) is 6.88. The van der Waals surface area contributed by atoms with Crippen LogP contribution < -0.4 is 9.47 Å². The van der Waals surface area contributed by atoms with E-state index in [9.17, 15) is 5.11 Å². The molecule has 3 nitrogen and oxygen atoms in total. The summed E-state index contributed by atoms with van der Waals surface area (Å²) in [6.07, 6.45) is 1.96. The van der Waals surface area contributed by atoms with Gasteiger partial charge in [0.1, 0.15) is 17.6 Å². The fourth-order valence-corrected chi connectivity index (χ4v) is 2.98. The molecule has 1 aliphatic rings. The molecule has 0 saturated carbocycles. The Hall–Kier alpha value is -1.65. The molecule has 0 aromatic heterocycles. The second kappa shape index (κ2) is 6.00. The zero-order valence-electron chi connectivity index (χ0n) is 12.1. The summed E-state index contributed by atoms with van der Waals surface area (Å²) in [6, 6.07) is 13.9. The predicted octanol–water partition coefficient (Wildman–Crippen LogP) is 3.97. The van der Waals surface area contributed by atoms with Crippen LogP contribution in [0, 0.1) is 0 Å². The summed E-state index contributed by atoms with van der Waals surface area (Å²) < 4.78 is 11.2. The Labute approximate surface area is 128 Å². The van der Waals surface area contributed by atoms with Crippen LogP contribution in [0.2, 0.25) is 0 Å². The molecular weight excluding hydrogens is 284 g/mol. The van der Waals surface area contributed by atoms with Crippen LogP contribution in [0.1, 0.15) is 29.8 Å². The van der Waals surface area contributed by atoms with E-state index >= 15 is 0 Å². The summed E-state index contributed by atoms with van der Waals surface area (Å²) in [7, 11) is 1.62. The smallest absolute Gasteiger partial charge is 0.127 e. The van der Waals surface area contributed by atoms with E-state index in [2.05, 4.69) is 30.5 Å². The SMILES string of the molecule is COc1ccc2c(c1)[C@H](O)CC(c1ccc(SC)cc1)O2. The van der Waals surface area contributed by atoms with Crippen LogP contribution in [0.4, 0.5) is 0 Å². The van der Waals surface area contributed by atoms with Crippen LogP contribution in [0.5, 0.6) is 11.5 Å². The number of aliphatic hydroxyl groups is 1. The standard InChI is InChI=1S/C17H18O3S/c1-19-12-5-8-16-14(9-12)15(18)10-17(20-16)11-3-6-13(21-2)7-4-11/h3-9,15,17-18H,10H2,1-2H3/t15-,17?/m1/s1. The van der Waals surface area contributed by atoms with E-state index in [0.29, 0.717) is 6.42 Å². The summed E-state index contributed by atoms with van der Waals surface area (Å²) in [5, 5.41) is 10.4. The second-order valence-corrected chi connectivity index (χ2v) is 5.91. The first kappa shape index (κ1) is 14.3. The Balaban J connectivity index is 1.87. The van der Waals surface area contributed by atoms with Gasteiger partial charge in [0.2, 0.25) is 0 Å². The molecule has 0 aliphatic carbocycles. The van der Waals surface area contributed by atoms with Gasteiger partial charge in [0.25, 0.3) is 0 Å². The van der Waals surface area contributed by atoms with Crippen LogP contribution in [0.15, 0.2) is 47.4 Å². The molecule has 3 rings (SSSR count). The Morgan fingerprint density at radius 3 is 2.62 bits per heavy atom. The van der Waals surface area contributed by atoms with Crippen LogP contribution in [0.25, 0.3) is 0 Å². The number of hydrogen-bond acceptors (Lipinski definition) is 4. The minimum atomic E-state index is -0.533. The van der Waals surface area contributed by atoms with Crippen molar-refractivity contribution in [1.82, 2.24) is 0 Å². The van der Waals surface area contributed by atoms with Gasteiger partial charge >= 0.3 is 0 Å². The summed E-state index contributed by atoms with van der Waals surface area (Å²) in [4.78, 5) is 1.22. The summed E-state index contributed by atoms with van der Waals surface area (Å²) >= 11 is 1.71. The van der Waals surface area contributed by atoms with E-state index in [-0.39, 0.29) is 6.10 Å². The molecule has 0 bridgehead atoms. The van der Waals surface area contributed by atoms with Gasteiger partial charge in [-0.15, -0.1) is 11.8 Å². The lowest BCUT2D eigenvalue weighted by Crippen LogP contribution is -2.19. The van der Waals surface area contributed by atoms with Gasteiger partial charge in [-0.1, -0.05) is 12.1 Å². The minimum Gasteiger partial charge on any atom is -0.497 e. The Morgan fingerprint density at radius 1 is 1.19 bits per heavy atom. The highest BCUT2D eigenvalue weighted by Crippen LogP contribution is 2.42. The average Bonchev–Trinajstić information content (AvgIpc) is 2.54. The van der Waals surface area contributed by atoms with E-state index < -0.39 is 6.10 Å². The van der Waals surface area contributed by atoms with Crippen molar-refractivity contribution in [3.8, 4) is 11.5 Å². The maximum absolute atomic E-state index is 10.4. The number of methoxy groups -OCH3 is 1. The number of thioether (sulfide) groups is 1. The molecule has 0 amide bonds. The summed E-state index contributed by atoms with van der Waals surface area (Å²) in [5.74, 6) is 1.47. The number of benzene rings is 2. The second-order valence-electron chi connectivity index (χ2n) is 5.03. The maximum atomic E-state index is 10.4. The zero-order valence-corrected chi connectivity index (χ0v) is 12.9. The van der Waals surface area contributed by atoms with Crippen LogP contribution >= 0.6 is 11.8 Å². The van der Waals surface area contributed by atoms with E-state index in [1.807, 2.05) is 18.2 Å². The zero-order chi connectivity index (χ0) is 14.8. The van der Waals surface area contributed by atoms with Gasteiger partial charge in [-0.05, 0) is 42.2 Å². The van der Waals surface area contributed by atoms with Crippen molar-refractivity contribution in [2.75, 3.05) is 13.4 Å². The lowest BCUT2D eigenvalue weighted by Gasteiger charge is -2.30.